The molecule has 0 radical (unpaired) electrons. The number of rotatable bonds is 2. The van der Waals surface area contributed by atoms with Gasteiger partial charge in [-0.1, -0.05) is 17.7 Å². The van der Waals surface area contributed by atoms with E-state index in [4.69, 9.17) is 5.73 Å². The van der Waals surface area contributed by atoms with Crippen LogP contribution in [0.3, 0.4) is 0 Å². The van der Waals surface area contributed by atoms with Gasteiger partial charge in [0.2, 0.25) is 0 Å². The van der Waals surface area contributed by atoms with Gasteiger partial charge in [0.1, 0.15) is 0 Å². The van der Waals surface area contributed by atoms with Gasteiger partial charge in [-0.15, -0.1) is 0 Å². The van der Waals surface area contributed by atoms with Crippen LogP contribution in [-0.4, -0.2) is 11.0 Å². The molecular formula is C12H16N2. The quantitative estimate of drug-likeness (QED) is 0.721. The molecule has 0 fully saturated rings. The Morgan fingerprint density at radius 2 is 2.36 bits per heavy atom. The first-order valence-corrected chi connectivity index (χ1v) is 5.19. The zero-order chi connectivity index (χ0) is 9.80. The van der Waals surface area contributed by atoms with Gasteiger partial charge in [-0.25, -0.2) is 0 Å². The van der Waals surface area contributed by atoms with Crippen molar-refractivity contribution in [3.63, 3.8) is 0 Å². The highest BCUT2D eigenvalue weighted by molar-refractivity contribution is 5.18. The summed E-state index contributed by atoms with van der Waals surface area (Å²) in [5.74, 6) is 0. The summed E-state index contributed by atoms with van der Waals surface area (Å²) >= 11 is 0. The number of nitrogens with zero attached hydrogens (tertiary/aromatic N) is 1. The molecule has 1 heterocycles. The van der Waals surface area contributed by atoms with E-state index in [1.54, 1.807) is 0 Å². The molecule has 74 valence electrons. The number of hydrogen-bond acceptors (Lipinski definition) is 2. The Kier molecular flexibility index (Phi) is 2.94. The Bertz CT molecular complexity index is 316. The fraction of sp³-hybridized carbons (Fsp3) is 0.417. The van der Waals surface area contributed by atoms with Crippen LogP contribution in [0.5, 0.6) is 0 Å². The van der Waals surface area contributed by atoms with Crippen molar-refractivity contribution in [3.8, 4) is 0 Å². The third-order valence-corrected chi connectivity index (χ3v) is 2.62. The minimum absolute atomic E-state index is 0.266. The van der Waals surface area contributed by atoms with Crippen molar-refractivity contribution < 1.29 is 0 Å². The van der Waals surface area contributed by atoms with Crippen molar-refractivity contribution in [1.82, 2.24) is 4.98 Å². The summed E-state index contributed by atoms with van der Waals surface area (Å²) in [7, 11) is 0. The molecule has 0 saturated carbocycles. The maximum Gasteiger partial charge on any atom is 0.0444 e. The topological polar surface area (TPSA) is 38.9 Å². The zero-order valence-electron chi connectivity index (χ0n) is 8.32. The molecular weight excluding hydrogens is 172 g/mol. The lowest BCUT2D eigenvalue weighted by Gasteiger charge is -2.17. The molecule has 1 aliphatic carbocycles. The van der Waals surface area contributed by atoms with Crippen LogP contribution >= 0.6 is 0 Å². The first-order valence-electron chi connectivity index (χ1n) is 5.19. The highest BCUT2D eigenvalue weighted by atomic mass is 14.7. The van der Waals surface area contributed by atoms with E-state index in [1.807, 2.05) is 18.3 Å². The van der Waals surface area contributed by atoms with Gasteiger partial charge in [0, 0.05) is 24.4 Å². The maximum atomic E-state index is 5.88. The lowest BCUT2D eigenvalue weighted by Crippen LogP contribution is -2.20. The second-order valence-electron chi connectivity index (χ2n) is 3.88. The third kappa shape index (κ3) is 2.42. The highest BCUT2D eigenvalue weighted by Gasteiger charge is 2.10. The lowest BCUT2D eigenvalue weighted by atomic mass is 9.93. The van der Waals surface area contributed by atoms with E-state index in [0.717, 1.165) is 18.5 Å². The van der Waals surface area contributed by atoms with Crippen LogP contribution in [0.15, 0.2) is 36.0 Å². The number of nitrogens with two attached hydrogens (primary N) is 1. The average molecular weight is 188 g/mol. The molecule has 2 N–H and O–H groups in total. The first kappa shape index (κ1) is 9.41. The van der Waals surface area contributed by atoms with Gasteiger partial charge in [0.25, 0.3) is 0 Å². The fourth-order valence-corrected chi connectivity index (χ4v) is 1.92. The summed E-state index contributed by atoms with van der Waals surface area (Å²) in [6.07, 6.45) is 8.56. The smallest absolute Gasteiger partial charge is 0.0444 e. The zero-order valence-corrected chi connectivity index (χ0v) is 8.32. The molecule has 1 aromatic heterocycles. The molecule has 0 bridgehead atoms. The van der Waals surface area contributed by atoms with E-state index in [2.05, 4.69) is 17.1 Å². The third-order valence-electron chi connectivity index (χ3n) is 2.62. The molecule has 0 spiro atoms. The van der Waals surface area contributed by atoms with Gasteiger partial charge in [-0.2, -0.15) is 0 Å². The number of pyridine rings is 1. The van der Waals surface area contributed by atoms with Crippen molar-refractivity contribution in [2.45, 2.75) is 31.7 Å². The van der Waals surface area contributed by atoms with Crippen LogP contribution in [0.2, 0.25) is 0 Å². The first-order chi connectivity index (χ1) is 6.84. The molecule has 2 rings (SSSR count). The SMILES string of the molecule is NC1C=C(Cc2ccccn2)CCC1. The Hall–Kier alpha value is -1.15. The summed E-state index contributed by atoms with van der Waals surface area (Å²) in [6, 6.07) is 6.32. The van der Waals surface area contributed by atoms with E-state index in [0.29, 0.717) is 0 Å². The van der Waals surface area contributed by atoms with Crippen molar-refractivity contribution in [2.24, 2.45) is 5.73 Å². The normalized spacial score (nSPS) is 21.8. The minimum Gasteiger partial charge on any atom is -0.324 e. The summed E-state index contributed by atoms with van der Waals surface area (Å²) in [5.41, 5.74) is 8.47. The second kappa shape index (κ2) is 4.38. The van der Waals surface area contributed by atoms with Gasteiger partial charge in [-0.05, 0) is 31.4 Å². The van der Waals surface area contributed by atoms with Crippen LogP contribution in [0.4, 0.5) is 0 Å². The predicted molar refractivity (Wildman–Crippen MR) is 57.9 cm³/mol. The second-order valence-corrected chi connectivity index (χ2v) is 3.88. The van der Waals surface area contributed by atoms with Gasteiger partial charge >= 0.3 is 0 Å². The van der Waals surface area contributed by atoms with E-state index < -0.39 is 0 Å². The van der Waals surface area contributed by atoms with E-state index >= 15 is 0 Å². The van der Waals surface area contributed by atoms with Crippen LogP contribution in [0, 0.1) is 0 Å². The molecule has 1 atom stereocenters. The van der Waals surface area contributed by atoms with Gasteiger partial charge in [0.15, 0.2) is 0 Å². The fourth-order valence-electron chi connectivity index (χ4n) is 1.92. The molecule has 1 aliphatic rings. The van der Waals surface area contributed by atoms with Crippen LogP contribution < -0.4 is 5.73 Å². The predicted octanol–water partition coefficient (Wildman–Crippen LogP) is 2.06. The largest absolute Gasteiger partial charge is 0.324 e. The number of allylic oxidation sites excluding steroid dienone is 1. The Morgan fingerprint density at radius 1 is 1.43 bits per heavy atom. The van der Waals surface area contributed by atoms with Crippen LogP contribution in [0.1, 0.15) is 25.0 Å². The van der Waals surface area contributed by atoms with Crippen molar-refractivity contribution >= 4 is 0 Å². The van der Waals surface area contributed by atoms with Crippen molar-refractivity contribution in [3.05, 3.63) is 41.7 Å². The molecule has 0 saturated heterocycles. The van der Waals surface area contributed by atoms with Crippen LogP contribution in [0.25, 0.3) is 0 Å². The van der Waals surface area contributed by atoms with Gasteiger partial charge in [0.05, 0.1) is 0 Å². The molecule has 1 aromatic rings. The highest BCUT2D eigenvalue weighted by Crippen LogP contribution is 2.19. The Labute approximate surface area is 84.9 Å². The molecule has 0 aliphatic heterocycles. The molecule has 0 amide bonds. The summed E-state index contributed by atoms with van der Waals surface area (Å²) in [6.45, 7) is 0. The van der Waals surface area contributed by atoms with E-state index in [-0.39, 0.29) is 6.04 Å². The molecule has 2 nitrogen and oxygen atoms in total. The maximum absolute atomic E-state index is 5.88. The molecule has 14 heavy (non-hydrogen) atoms. The van der Waals surface area contributed by atoms with Crippen LogP contribution in [-0.2, 0) is 6.42 Å². The van der Waals surface area contributed by atoms with Gasteiger partial charge in [-0.3, -0.25) is 4.98 Å². The van der Waals surface area contributed by atoms with Crippen molar-refractivity contribution in [1.29, 1.82) is 0 Å². The number of hydrogen-bond donors (Lipinski definition) is 1. The van der Waals surface area contributed by atoms with Gasteiger partial charge < -0.3 is 5.73 Å². The standard InChI is InChI=1S/C12H16N2/c13-11-5-3-4-10(8-11)9-12-6-1-2-7-14-12/h1-2,6-8,11H,3-5,9,13H2. The molecule has 1 unspecified atom stereocenters. The molecule has 0 aromatic carbocycles. The van der Waals surface area contributed by atoms with Crippen molar-refractivity contribution in [2.75, 3.05) is 0 Å². The number of aromatic nitrogens is 1. The molecule has 2 heteroatoms. The average Bonchev–Trinajstić information content (AvgIpc) is 2.19. The summed E-state index contributed by atoms with van der Waals surface area (Å²) in [5, 5.41) is 0. The monoisotopic (exact) mass is 188 g/mol. The Balaban J connectivity index is 2.04. The summed E-state index contributed by atoms with van der Waals surface area (Å²) < 4.78 is 0. The van der Waals surface area contributed by atoms with E-state index in [9.17, 15) is 0 Å². The minimum atomic E-state index is 0.266. The Morgan fingerprint density at radius 3 is 3.07 bits per heavy atom. The van der Waals surface area contributed by atoms with E-state index in [1.165, 1.54) is 18.4 Å². The summed E-state index contributed by atoms with van der Waals surface area (Å²) in [4.78, 5) is 4.32. The lowest BCUT2D eigenvalue weighted by molar-refractivity contribution is 0.616.